The molecule has 0 aromatic heterocycles. The summed E-state index contributed by atoms with van der Waals surface area (Å²) in [6, 6.07) is 8.08. The van der Waals surface area contributed by atoms with Crippen molar-refractivity contribution >= 4 is 11.9 Å². The summed E-state index contributed by atoms with van der Waals surface area (Å²) in [6.07, 6.45) is 3.26. The first-order chi connectivity index (χ1) is 7.40. The molecule has 0 aliphatic carbocycles. The maximum atomic E-state index is 5.40. The van der Waals surface area contributed by atoms with Crippen molar-refractivity contribution in [2.75, 3.05) is 24.7 Å². The molecule has 3 heteroatoms. The average Bonchev–Trinajstić information content (AvgIpc) is 3.09. The molecule has 0 radical (unpaired) electrons. The third-order valence-corrected chi connectivity index (χ3v) is 2.17. The van der Waals surface area contributed by atoms with E-state index in [4.69, 9.17) is 4.74 Å². The Morgan fingerprint density at radius 2 is 2.07 bits per heavy atom. The molecule has 0 unspecified atom stereocenters. The molecule has 0 amide bonds. The zero-order valence-electron chi connectivity index (χ0n) is 8.60. The molecule has 1 saturated heterocycles. The molecule has 15 heavy (non-hydrogen) atoms. The normalized spacial score (nSPS) is 14.3. The van der Waals surface area contributed by atoms with Crippen molar-refractivity contribution in [1.82, 2.24) is 0 Å². The number of allylic oxidation sites excluding steroid dienone is 1. The molecule has 0 spiro atoms. The first-order valence-corrected chi connectivity index (χ1v) is 4.99. The van der Waals surface area contributed by atoms with Crippen LogP contribution in [0.1, 0.15) is 0 Å². The minimum absolute atomic E-state index is 0.342. The second-order valence-electron chi connectivity index (χ2n) is 3.32. The Morgan fingerprint density at radius 1 is 1.33 bits per heavy atom. The van der Waals surface area contributed by atoms with Gasteiger partial charge in [0.15, 0.2) is 6.73 Å². The van der Waals surface area contributed by atoms with Gasteiger partial charge in [0.25, 0.3) is 0 Å². The number of hydrogen-bond donors (Lipinski definition) is 0. The molecular weight excluding hydrogens is 188 g/mol. The highest BCUT2D eigenvalue weighted by molar-refractivity contribution is 5.69. The summed E-state index contributed by atoms with van der Waals surface area (Å²) in [5, 5.41) is 0. The number of anilines is 1. The van der Waals surface area contributed by atoms with Gasteiger partial charge in [0, 0.05) is 25.0 Å². The Balaban J connectivity index is 1.86. The number of rotatable bonds is 5. The van der Waals surface area contributed by atoms with E-state index in [-0.39, 0.29) is 0 Å². The van der Waals surface area contributed by atoms with Crippen LogP contribution >= 0.6 is 0 Å². The van der Waals surface area contributed by atoms with Crippen LogP contribution < -0.4 is 9.64 Å². The van der Waals surface area contributed by atoms with Crippen LogP contribution in [0.3, 0.4) is 0 Å². The minimum Gasteiger partial charge on any atom is -0.471 e. The maximum absolute atomic E-state index is 5.40. The van der Waals surface area contributed by atoms with E-state index in [9.17, 15) is 0 Å². The van der Waals surface area contributed by atoms with Crippen LogP contribution in [0.5, 0.6) is 5.75 Å². The molecule has 1 fully saturated rings. The lowest BCUT2D eigenvalue weighted by Gasteiger charge is -2.05. The van der Waals surface area contributed by atoms with Gasteiger partial charge in [-0.05, 0) is 24.3 Å². The Morgan fingerprint density at radius 3 is 2.67 bits per heavy atom. The highest BCUT2D eigenvalue weighted by atomic mass is 16.5. The second-order valence-corrected chi connectivity index (χ2v) is 3.32. The number of aliphatic imine (C=N–C) groups is 1. The fourth-order valence-corrected chi connectivity index (χ4v) is 1.29. The average molecular weight is 202 g/mol. The summed E-state index contributed by atoms with van der Waals surface area (Å²) >= 11 is 0. The smallest absolute Gasteiger partial charge is 0.179 e. The zero-order valence-corrected chi connectivity index (χ0v) is 8.60. The second kappa shape index (κ2) is 4.64. The van der Waals surface area contributed by atoms with Gasteiger partial charge in [-0.2, -0.15) is 0 Å². The van der Waals surface area contributed by atoms with Gasteiger partial charge < -0.3 is 9.64 Å². The molecule has 2 rings (SSSR count). The van der Waals surface area contributed by atoms with E-state index in [1.807, 2.05) is 12.1 Å². The van der Waals surface area contributed by atoms with Gasteiger partial charge in [-0.1, -0.05) is 12.7 Å². The molecule has 1 aliphatic rings. The number of nitrogens with zero attached hydrogens (tertiary/aromatic N) is 2. The summed E-state index contributed by atoms with van der Waals surface area (Å²) in [6.45, 7) is 6.22. The molecule has 0 bridgehead atoms. The Hall–Kier alpha value is -1.77. The predicted octanol–water partition coefficient (Wildman–Crippen LogP) is 2.10. The SMILES string of the molecule is C=CC=NCOc1ccc(N2CC2)cc1. The Bertz CT molecular complexity index is 352. The fraction of sp³-hybridized carbons (Fsp3) is 0.250. The monoisotopic (exact) mass is 202 g/mol. The van der Waals surface area contributed by atoms with Crippen molar-refractivity contribution in [2.24, 2.45) is 4.99 Å². The van der Waals surface area contributed by atoms with Crippen molar-refractivity contribution < 1.29 is 4.74 Å². The van der Waals surface area contributed by atoms with Crippen LogP contribution in [0.25, 0.3) is 0 Å². The van der Waals surface area contributed by atoms with E-state index in [0.717, 1.165) is 5.75 Å². The summed E-state index contributed by atoms with van der Waals surface area (Å²) < 4.78 is 5.40. The minimum atomic E-state index is 0.342. The largest absolute Gasteiger partial charge is 0.471 e. The standard InChI is InChI=1S/C12H14N2O/c1-2-7-13-10-15-12-5-3-11(4-6-12)14-8-9-14/h2-7H,1,8-10H2. The lowest BCUT2D eigenvalue weighted by molar-refractivity contribution is 0.332. The van der Waals surface area contributed by atoms with E-state index < -0.39 is 0 Å². The van der Waals surface area contributed by atoms with Crippen LogP contribution in [0, 0.1) is 0 Å². The Kier molecular flexibility index (Phi) is 3.02. The van der Waals surface area contributed by atoms with E-state index in [2.05, 4.69) is 28.6 Å². The summed E-state index contributed by atoms with van der Waals surface area (Å²) in [4.78, 5) is 6.27. The molecule has 78 valence electrons. The van der Waals surface area contributed by atoms with Crippen LogP contribution in [-0.2, 0) is 0 Å². The van der Waals surface area contributed by atoms with Crippen molar-refractivity contribution in [3.8, 4) is 5.75 Å². The first-order valence-electron chi connectivity index (χ1n) is 4.99. The highest BCUT2D eigenvalue weighted by Crippen LogP contribution is 2.23. The fourth-order valence-electron chi connectivity index (χ4n) is 1.29. The van der Waals surface area contributed by atoms with Gasteiger partial charge in [0.2, 0.25) is 0 Å². The van der Waals surface area contributed by atoms with Crippen LogP contribution in [0.2, 0.25) is 0 Å². The van der Waals surface area contributed by atoms with Gasteiger partial charge in [-0.15, -0.1) is 0 Å². The quantitative estimate of drug-likeness (QED) is 0.539. The van der Waals surface area contributed by atoms with Crippen molar-refractivity contribution in [3.05, 3.63) is 36.9 Å². The van der Waals surface area contributed by atoms with Gasteiger partial charge in [0.05, 0.1) is 0 Å². The molecule has 3 nitrogen and oxygen atoms in total. The van der Waals surface area contributed by atoms with Crippen molar-refractivity contribution in [3.63, 3.8) is 0 Å². The van der Waals surface area contributed by atoms with Crippen LogP contribution in [0.15, 0.2) is 41.9 Å². The summed E-state index contributed by atoms with van der Waals surface area (Å²) in [7, 11) is 0. The molecule has 1 heterocycles. The highest BCUT2D eigenvalue weighted by Gasteiger charge is 2.16. The molecule has 1 aromatic rings. The topological polar surface area (TPSA) is 24.6 Å². The molecule has 1 aromatic carbocycles. The number of hydrogen-bond acceptors (Lipinski definition) is 3. The van der Waals surface area contributed by atoms with E-state index in [1.165, 1.54) is 18.8 Å². The van der Waals surface area contributed by atoms with Gasteiger partial charge >= 0.3 is 0 Å². The lowest BCUT2D eigenvalue weighted by Crippen LogP contribution is -1.95. The number of benzene rings is 1. The zero-order chi connectivity index (χ0) is 10.5. The van der Waals surface area contributed by atoms with Crippen molar-refractivity contribution in [1.29, 1.82) is 0 Å². The van der Waals surface area contributed by atoms with E-state index >= 15 is 0 Å². The van der Waals surface area contributed by atoms with E-state index in [0.29, 0.717) is 6.73 Å². The van der Waals surface area contributed by atoms with E-state index in [1.54, 1.807) is 12.3 Å². The molecule has 1 aliphatic heterocycles. The van der Waals surface area contributed by atoms with Gasteiger partial charge in [-0.3, -0.25) is 4.99 Å². The Labute approximate surface area is 89.7 Å². The van der Waals surface area contributed by atoms with Gasteiger partial charge in [0.1, 0.15) is 5.75 Å². The third-order valence-electron chi connectivity index (χ3n) is 2.17. The van der Waals surface area contributed by atoms with Crippen LogP contribution in [-0.4, -0.2) is 26.0 Å². The first kappa shape index (κ1) is 9.77. The van der Waals surface area contributed by atoms with Gasteiger partial charge in [-0.25, -0.2) is 0 Å². The third kappa shape index (κ3) is 2.84. The maximum Gasteiger partial charge on any atom is 0.179 e. The molecule has 0 saturated carbocycles. The van der Waals surface area contributed by atoms with Crippen LogP contribution in [0.4, 0.5) is 5.69 Å². The number of ether oxygens (including phenoxy) is 1. The lowest BCUT2D eigenvalue weighted by atomic mass is 10.3. The summed E-state index contributed by atoms with van der Waals surface area (Å²) in [5.41, 5.74) is 1.26. The molecular formula is C12H14N2O. The summed E-state index contributed by atoms with van der Waals surface area (Å²) in [5.74, 6) is 0.849. The van der Waals surface area contributed by atoms with Crippen molar-refractivity contribution in [2.45, 2.75) is 0 Å². The molecule has 0 atom stereocenters. The molecule has 0 N–H and O–H groups in total. The predicted molar refractivity (Wildman–Crippen MR) is 62.8 cm³/mol.